The summed E-state index contributed by atoms with van der Waals surface area (Å²) in [7, 11) is 1.58. The SMILES string of the molecule is Cc1c(N)c(C(F)F)nn1C.Cl. The summed E-state index contributed by atoms with van der Waals surface area (Å²) < 4.78 is 25.5. The molecule has 0 amide bonds. The monoisotopic (exact) mass is 197 g/mol. The van der Waals surface area contributed by atoms with E-state index < -0.39 is 6.43 Å². The molecule has 70 valence electrons. The molecule has 6 heteroatoms. The molecule has 0 unspecified atom stereocenters. The van der Waals surface area contributed by atoms with Crippen molar-refractivity contribution < 1.29 is 8.78 Å². The van der Waals surface area contributed by atoms with E-state index in [9.17, 15) is 8.78 Å². The Morgan fingerprint density at radius 1 is 1.50 bits per heavy atom. The third kappa shape index (κ3) is 1.66. The van der Waals surface area contributed by atoms with E-state index in [0.29, 0.717) is 5.69 Å². The van der Waals surface area contributed by atoms with Crippen LogP contribution >= 0.6 is 12.4 Å². The second-order valence-corrected chi connectivity index (χ2v) is 2.31. The molecular formula is C6H10ClF2N3. The molecule has 0 spiro atoms. The highest BCUT2D eigenvalue weighted by molar-refractivity contribution is 5.85. The Hall–Kier alpha value is -0.840. The van der Waals surface area contributed by atoms with Crippen molar-refractivity contribution in [3.05, 3.63) is 11.4 Å². The van der Waals surface area contributed by atoms with E-state index in [1.807, 2.05) is 0 Å². The van der Waals surface area contributed by atoms with Crippen molar-refractivity contribution >= 4 is 18.1 Å². The summed E-state index contributed by atoms with van der Waals surface area (Å²) in [6, 6.07) is 0. The van der Waals surface area contributed by atoms with Gasteiger partial charge in [0, 0.05) is 7.05 Å². The van der Waals surface area contributed by atoms with E-state index >= 15 is 0 Å². The molecule has 0 fully saturated rings. The van der Waals surface area contributed by atoms with Crippen molar-refractivity contribution in [1.29, 1.82) is 0 Å². The first-order valence-electron chi connectivity index (χ1n) is 3.11. The van der Waals surface area contributed by atoms with Gasteiger partial charge in [0.25, 0.3) is 6.43 Å². The fourth-order valence-corrected chi connectivity index (χ4v) is 0.811. The van der Waals surface area contributed by atoms with Gasteiger partial charge in [0.05, 0.1) is 11.4 Å². The van der Waals surface area contributed by atoms with Crippen molar-refractivity contribution in [2.24, 2.45) is 7.05 Å². The summed E-state index contributed by atoms with van der Waals surface area (Å²) in [4.78, 5) is 0. The van der Waals surface area contributed by atoms with Gasteiger partial charge in [-0.3, -0.25) is 4.68 Å². The minimum absolute atomic E-state index is 0. The van der Waals surface area contributed by atoms with Crippen LogP contribution < -0.4 is 5.73 Å². The Kier molecular flexibility index (Phi) is 3.45. The maximum absolute atomic E-state index is 12.1. The molecule has 1 rings (SSSR count). The van der Waals surface area contributed by atoms with Crippen molar-refractivity contribution in [2.75, 3.05) is 5.73 Å². The highest BCUT2D eigenvalue weighted by Gasteiger charge is 2.17. The van der Waals surface area contributed by atoms with Gasteiger partial charge in [-0.1, -0.05) is 0 Å². The second-order valence-electron chi connectivity index (χ2n) is 2.31. The molecular weight excluding hydrogens is 188 g/mol. The lowest BCUT2D eigenvalue weighted by atomic mass is 10.3. The molecule has 2 N–H and O–H groups in total. The number of nitrogen functional groups attached to an aromatic ring is 1. The van der Waals surface area contributed by atoms with Crippen molar-refractivity contribution in [3.63, 3.8) is 0 Å². The fourth-order valence-electron chi connectivity index (χ4n) is 0.811. The molecule has 0 aliphatic carbocycles. The third-order valence-corrected chi connectivity index (χ3v) is 1.62. The first-order chi connectivity index (χ1) is 5.04. The first kappa shape index (κ1) is 11.2. The summed E-state index contributed by atoms with van der Waals surface area (Å²) in [6.07, 6.45) is -2.59. The van der Waals surface area contributed by atoms with Gasteiger partial charge < -0.3 is 5.73 Å². The predicted octanol–water partition coefficient (Wildman–Crippen LogP) is 1.67. The van der Waals surface area contributed by atoms with Gasteiger partial charge in [-0.2, -0.15) is 5.10 Å². The van der Waals surface area contributed by atoms with E-state index in [4.69, 9.17) is 5.73 Å². The summed E-state index contributed by atoms with van der Waals surface area (Å²) >= 11 is 0. The molecule has 1 heterocycles. The van der Waals surface area contributed by atoms with Crippen LogP contribution in [0.5, 0.6) is 0 Å². The molecule has 0 saturated carbocycles. The molecule has 0 saturated heterocycles. The molecule has 12 heavy (non-hydrogen) atoms. The van der Waals surface area contributed by atoms with Crippen molar-refractivity contribution in [1.82, 2.24) is 9.78 Å². The van der Waals surface area contributed by atoms with Gasteiger partial charge in [0.1, 0.15) is 0 Å². The molecule has 0 aliphatic rings. The van der Waals surface area contributed by atoms with E-state index in [0.717, 1.165) is 0 Å². The van der Waals surface area contributed by atoms with E-state index in [1.165, 1.54) is 4.68 Å². The van der Waals surface area contributed by atoms with Gasteiger partial charge in [-0.15, -0.1) is 12.4 Å². The second kappa shape index (κ2) is 3.71. The van der Waals surface area contributed by atoms with Gasteiger partial charge in [0.2, 0.25) is 0 Å². The van der Waals surface area contributed by atoms with Crippen molar-refractivity contribution in [3.8, 4) is 0 Å². The molecule has 3 nitrogen and oxygen atoms in total. The molecule has 0 aromatic carbocycles. The smallest absolute Gasteiger partial charge is 0.284 e. The van der Waals surface area contributed by atoms with Crippen LogP contribution in [-0.4, -0.2) is 9.78 Å². The number of alkyl halides is 2. The van der Waals surface area contributed by atoms with Crippen LogP contribution in [0.4, 0.5) is 14.5 Å². The Morgan fingerprint density at radius 3 is 2.17 bits per heavy atom. The van der Waals surface area contributed by atoms with Crippen molar-refractivity contribution in [2.45, 2.75) is 13.3 Å². The summed E-state index contributed by atoms with van der Waals surface area (Å²) in [5.41, 5.74) is 5.67. The number of hydrogen-bond acceptors (Lipinski definition) is 2. The van der Waals surface area contributed by atoms with Gasteiger partial charge in [-0.25, -0.2) is 8.78 Å². The molecule has 1 aromatic rings. The van der Waals surface area contributed by atoms with Gasteiger partial charge in [0.15, 0.2) is 5.69 Å². The summed E-state index contributed by atoms with van der Waals surface area (Å²) in [5, 5.41) is 3.55. The average molecular weight is 198 g/mol. The Morgan fingerprint density at radius 2 is 2.00 bits per heavy atom. The minimum atomic E-state index is -2.59. The fraction of sp³-hybridized carbons (Fsp3) is 0.500. The normalized spacial score (nSPS) is 10.1. The van der Waals surface area contributed by atoms with Crippen LogP contribution in [0.25, 0.3) is 0 Å². The largest absolute Gasteiger partial charge is 0.396 e. The van der Waals surface area contributed by atoms with Gasteiger partial charge in [-0.05, 0) is 6.92 Å². The number of nitrogens with zero attached hydrogens (tertiary/aromatic N) is 2. The number of aryl methyl sites for hydroxylation is 1. The molecule has 0 atom stereocenters. The zero-order chi connectivity index (χ0) is 8.59. The number of hydrogen-bond donors (Lipinski definition) is 1. The predicted molar refractivity (Wildman–Crippen MR) is 44.6 cm³/mol. The highest BCUT2D eigenvalue weighted by Crippen LogP contribution is 2.25. The summed E-state index contributed by atoms with van der Waals surface area (Å²) in [5.74, 6) is 0. The number of aromatic nitrogens is 2. The molecule has 0 bridgehead atoms. The van der Waals surface area contributed by atoms with Crippen LogP contribution in [0.15, 0.2) is 0 Å². The maximum Gasteiger partial charge on any atom is 0.284 e. The maximum atomic E-state index is 12.1. The lowest BCUT2D eigenvalue weighted by molar-refractivity contribution is 0.146. The minimum Gasteiger partial charge on any atom is -0.396 e. The first-order valence-corrected chi connectivity index (χ1v) is 3.11. The topological polar surface area (TPSA) is 43.8 Å². The van der Waals surface area contributed by atoms with Crippen LogP contribution in [0.1, 0.15) is 17.8 Å². The number of nitrogens with two attached hydrogens (primary N) is 1. The van der Waals surface area contributed by atoms with Crippen LogP contribution in [0.3, 0.4) is 0 Å². The van der Waals surface area contributed by atoms with E-state index in [1.54, 1.807) is 14.0 Å². The Balaban J connectivity index is 0.00000121. The van der Waals surface area contributed by atoms with E-state index in [-0.39, 0.29) is 23.8 Å². The number of halogens is 3. The zero-order valence-corrected chi connectivity index (χ0v) is 7.53. The lowest BCUT2D eigenvalue weighted by Crippen LogP contribution is -1.93. The van der Waals surface area contributed by atoms with Crippen LogP contribution in [0.2, 0.25) is 0 Å². The lowest BCUT2D eigenvalue weighted by Gasteiger charge is -1.93. The Labute approximate surface area is 75.0 Å². The van der Waals surface area contributed by atoms with Gasteiger partial charge >= 0.3 is 0 Å². The van der Waals surface area contributed by atoms with E-state index in [2.05, 4.69) is 5.10 Å². The average Bonchev–Trinajstić information content (AvgIpc) is 2.17. The quantitative estimate of drug-likeness (QED) is 0.744. The number of anilines is 1. The number of rotatable bonds is 1. The molecule has 0 radical (unpaired) electrons. The molecule has 1 aromatic heterocycles. The zero-order valence-electron chi connectivity index (χ0n) is 6.71. The van der Waals surface area contributed by atoms with Crippen LogP contribution in [-0.2, 0) is 7.05 Å². The highest BCUT2D eigenvalue weighted by atomic mass is 35.5. The third-order valence-electron chi connectivity index (χ3n) is 1.62. The van der Waals surface area contributed by atoms with Crippen LogP contribution in [0, 0.1) is 6.92 Å². The molecule has 0 aliphatic heterocycles. The standard InChI is InChI=1S/C6H9F2N3.ClH/c1-3-4(9)5(6(7)8)10-11(3)2;/h6H,9H2,1-2H3;1H. The Bertz CT molecular complexity index is 272. The summed E-state index contributed by atoms with van der Waals surface area (Å²) in [6.45, 7) is 1.65.